The van der Waals surface area contributed by atoms with Crippen molar-refractivity contribution in [2.45, 2.75) is 32.3 Å². The summed E-state index contributed by atoms with van der Waals surface area (Å²) in [5.74, 6) is 0. The standard InChI is InChI=1S/C7H16O2/c1-7(9-2)5-3-4-6-8/h7-8H,3-6H2,1-2H3. The molecule has 0 fully saturated rings. The van der Waals surface area contributed by atoms with Crippen molar-refractivity contribution in [3.05, 3.63) is 0 Å². The van der Waals surface area contributed by atoms with Crippen LogP contribution >= 0.6 is 0 Å². The molecule has 1 unspecified atom stereocenters. The van der Waals surface area contributed by atoms with Crippen LogP contribution in [0.4, 0.5) is 0 Å². The van der Waals surface area contributed by atoms with E-state index >= 15 is 0 Å². The lowest BCUT2D eigenvalue weighted by Gasteiger charge is -2.06. The maximum atomic E-state index is 8.41. The van der Waals surface area contributed by atoms with Gasteiger partial charge < -0.3 is 9.84 Å². The second kappa shape index (κ2) is 6.05. The van der Waals surface area contributed by atoms with Crippen LogP contribution in [0.25, 0.3) is 0 Å². The molecule has 0 heterocycles. The Morgan fingerprint density at radius 1 is 1.44 bits per heavy atom. The lowest BCUT2D eigenvalue weighted by molar-refractivity contribution is 0.107. The molecule has 0 amide bonds. The van der Waals surface area contributed by atoms with Gasteiger partial charge >= 0.3 is 0 Å². The summed E-state index contributed by atoms with van der Waals surface area (Å²) in [4.78, 5) is 0. The summed E-state index contributed by atoms with van der Waals surface area (Å²) in [7, 11) is 1.71. The molecule has 0 rings (SSSR count). The van der Waals surface area contributed by atoms with Crippen LogP contribution in [0, 0.1) is 0 Å². The highest BCUT2D eigenvalue weighted by Crippen LogP contribution is 2.01. The number of aliphatic hydroxyl groups is 1. The number of unbranched alkanes of at least 4 members (excludes halogenated alkanes) is 1. The lowest BCUT2D eigenvalue weighted by Crippen LogP contribution is -2.04. The van der Waals surface area contributed by atoms with E-state index in [1.165, 1.54) is 0 Å². The van der Waals surface area contributed by atoms with Crippen LogP contribution in [0.3, 0.4) is 0 Å². The van der Waals surface area contributed by atoms with E-state index in [0.717, 1.165) is 19.3 Å². The molecule has 1 atom stereocenters. The number of hydrogen-bond acceptors (Lipinski definition) is 2. The number of aliphatic hydroxyl groups excluding tert-OH is 1. The average Bonchev–Trinajstić information content (AvgIpc) is 1.89. The molecule has 0 aliphatic heterocycles. The third kappa shape index (κ3) is 5.80. The summed E-state index contributed by atoms with van der Waals surface area (Å²) in [5.41, 5.74) is 0. The van der Waals surface area contributed by atoms with Gasteiger partial charge in [-0.3, -0.25) is 0 Å². The van der Waals surface area contributed by atoms with E-state index in [0.29, 0.717) is 12.7 Å². The van der Waals surface area contributed by atoms with E-state index in [2.05, 4.69) is 0 Å². The van der Waals surface area contributed by atoms with Gasteiger partial charge in [-0.15, -0.1) is 0 Å². The minimum Gasteiger partial charge on any atom is -0.396 e. The molecule has 56 valence electrons. The summed E-state index contributed by atoms with van der Waals surface area (Å²) < 4.78 is 5.02. The normalized spacial score (nSPS) is 13.7. The van der Waals surface area contributed by atoms with Crippen molar-refractivity contribution in [1.29, 1.82) is 0 Å². The molecule has 0 bridgehead atoms. The fourth-order valence-corrected chi connectivity index (χ4v) is 0.661. The topological polar surface area (TPSA) is 29.5 Å². The van der Waals surface area contributed by atoms with Crippen molar-refractivity contribution >= 4 is 0 Å². The van der Waals surface area contributed by atoms with Crippen molar-refractivity contribution in [3.8, 4) is 0 Å². The zero-order chi connectivity index (χ0) is 7.11. The first-order chi connectivity index (χ1) is 4.31. The van der Waals surface area contributed by atoms with Crippen molar-refractivity contribution in [3.63, 3.8) is 0 Å². The summed E-state index contributed by atoms with van der Waals surface area (Å²) >= 11 is 0. The van der Waals surface area contributed by atoms with Crippen LogP contribution in [0.2, 0.25) is 0 Å². The van der Waals surface area contributed by atoms with E-state index in [1.54, 1.807) is 7.11 Å². The van der Waals surface area contributed by atoms with Gasteiger partial charge in [0.05, 0.1) is 6.10 Å². The molecule has 0 aliphatic carbocycles. The molecular formula is C7H16O2. The minimum absolute atomic E-state index is 0.302. The summed E-state index contributed by atoms with van der Waals surface area (Å²) in [6, 6.07) is 0. The van der Waals surface area contributed by atoms with Gasteiger partial charge in [-0.25, -0.2) is 0 Å². The Morgan fingerprint density at radius 3 is 2.56 bits per heavy atom. The van der Waals surface area contributed by atoms with Crippen LogP contribution < -0.4 is 0 Å². The van der Waals surface area contributed by atoms with Gasteiger partial charge in [0, 0.05) is 13.7 Å². The molecule has 9 heavy (non-hydrogen) atoms. The molecule has 0 aromatic carbocycles. The second-order valence-corrected chi connectivity index (χ2v) is 2.27. The highest BCUT2D eigenvalue weighted by atomic mass is 16.5. The maximum absolute atomic E-state index is 8.41. The van der Waals surface area contributed by atoms with E-state index in [4.69, 9.17) is 9.84 Å². The third-order valence-corrected chi connectivity index (χ3v) is 1.42. The molecule has 0 saturated carbocycles. The van der Waals surface area contributed by atoms with Gasteiger partial charge in [0.2, 0.25) is 0 Å². The Kier molecular flexibility index (Phi) is 5.99. The number of rotatable bonds is 5. The summed E-state index contributed by atoms with van der Waals surface area (Å²) in [6.07, 6.45) is 3.35. The van der Waals surface area contributed by atoms with E-state index in [-0.39, 0.29) is 0 Å². The van der Waals surface area contributed by atoms with Crippen LogP contribution in [-0.2, 0) is 4.74 Å². The van der Waals surface area contributed by atoms with Gasteiger partial charge in [0.15, 0.2) is 0 Å². The number of methoxy groups -OCH3 is 1. The Labute approximate surface area is 56.8 Å². The van der Waals surface area contributed by atoms with Gasteiger partial charge in [-0.2, -0.15) is 0 Å². The van der Waals surface area contributed by atoms with E-state index < -0.39 is 0 Å². The molecule has 0 spiro atoms. The molecular weight excluding hydrogens is 116 g/mol. The smallest absolute Gasteiger partial charge is 0.0543 e. The van der Waals surface area contributed by atoms with Crippen LogP contribution in [0.1, 0.15) is 26.2 Å². The zero-order valence-corrected chi connectivity index (χ0v) is 6.26. The van der Waals surface area contributed by atoms with Crippen molar-refractivity contribution in [1.82, 2.24) is 0 Å². The highest BCUT2D eigenvalue weighted by Gasteiger charge is 1.96. The number of ether oxygens (including phenoxy) is 1. The van der Waals surface area contributed by atoms with E-state index in [9.17, 15) is 0 Å². The Morgan fingerprint density at radius 2 is 2.11 bits per heavy atom. The fraction of sp³-hybridized carbons (Fsp3) is 1.00. The van der Waals surface area contributed by atoms with Crippen molar-refractivity contribution in [2.24, 2.45) is 0 Å². The largest absolute Gasteiger partial charge is 0.396 e. The molecule has 1 N–H and O–H groups in total. The summed E-state index contributed by atoms with van der Waals surface area (Å²) in [6.45, 7) is 2.34. The molecule has 0 aliphatic rings. The minimum atomic E-state index is 0.302. The Hall–Kier alpha value is -0.0800. The molecule has 0 aromatic heterocycles. The van der Waals surface area contributed by atoms with Crippen LogP contribution in [0.5, 0.6) is 0 Å². The molecule has 0 radical (unpaired) electrons. The first kappa shape index (κ1) is 8.92. The lowest BCUT2D eigenvalue weighted by atomic mass is 10.2. The van der Waals surface area contributed by atoms with E-state index in [1.807, 2.05) is 6.92 Å². The summed E-state index contributed by atoms with van der Waals surface area (Å²) in [5, 5.41) is 8.41. The average molecular weight is 132 g/mol. The third-order valence-electron chi connectivity index (χ3n) is 1.42. The van der Waals surface area contributed by atoms with Crippen molar-refractivity contribution in [2.75, 3.05) is 13.7 Å². The molecule has 2 nitrogen and oxygen atoms in total. The molecule has 2 heteroatoms. The first-order valence-electron chi connectivity index (χ1n) is 3.45. The van der Waals surface area contributed by atoms with Gasteiger partial charge in [-0.1, -0.05) is 0 Å². The fourth-order valence-electron chi connectivity index (χ4n) is 0.661. The Bertz CT molecular complexity index is 54.9. The van der Waals surface area contributed by atoms with Gasteiger partial charge in [-0.05, 0) is 26.2 Å². The van der Waals surface area contributed by atoms with Crippen LogP contribution in [0.15, 0.2) is 0 Å². The first-order valence-corrected chi connectivity index (χ1v) is 3.45. The van der Waals surface area contributed by atoms with Crippen molar-refractivity contribution < 1.29 is 9.84 Å². The zero-order valence-electron chi connectivity index (χ0n) is 6.26. The predicted molar refractivity (Wildman–Crippen MR) is 37.4 cm³/mol. The maximum Gasteiger partial charge on any atom is 0.0543 e. The van der Waals surface area contributed by atoms with Gasteiger partial charge in [0.25, 0.3) is 0 Å². The predicted octanol–water partition coefficient (Wildman–Crippen LogP) is 1.18. The van der Waals surface area contributed by atoms with Crippen LogP contribution in [-0.4, -0.2) is 24.9 Å². The Balaban J connectivity index is 2.88. The SMILES string of the molecule is COC(C)CCCCO. The second-order valence-electron chi connectivity index (χ2n) is 2.27. The molecule has 0 saturated heterocycles. The molecule has 0 aromatic rings. The quantitative estimate of drug-likeness (QED) is 0.569. The highest BCUT2D eigenvalue weighted by molar-refractivity contribution is 4.48. The number of hydrogen-bond donors (Lipinski definition) is 1. The van der Waals surface area contributed by atoms with Gasteiger partial charge in [0.1, 0.15) is 0 Å². The monoisotopic (exact) mass is 132 g/mol.